The highest BCUT2D eigenvalue weighted by Crippen LogP contribution is 2.25. The number of anilines is 1. The van der Waals surface area contributed by atoms with Crippen LogP contribution in [0.3, 0.4) is 0 Å². The number of nitrogens with one attached hydrogen (secondary N) is 2. The first kappa shape index (κ1) is 18.0. The molecule has 2 N–H and O–H groups in total. The van der Waals surface area contributed by atoms with Crippen molar-refractivity contribution in [1.29, 1.82) is 5.41 Å². The number of nitrogens with zero attached hydrogens (tertiary/aromatic N) is 1. The molecular weight excluding hydrogens is 326 g/mol. The second-order valence-electron chi connectivity index (χ2n) is 5.36. The number of benzene rings is 1. The molecule has 0 aliphatic heterocycles. The molecule has 1 aromatic carbocycles. The van der Waals surface area contributed by atoms with Crippen LogP contribution in [0.1, 0.15) is 10.4 Å². The molecule has 0 aliphatic rings. The van der Waals surface area contributed by atoms with Crippen LogP contribution in [0, 0.1) is 5.41 Å². The Bertz CT molecular complexity index is 627. The lowest BCUT2D eigenvalue weighted by Gasteiger charge is -2.14. The lowest BCUT2D eigenvalue weighted by Crippen LogP contribution is -2.18. The highest BCUT2D eigenvalue weighted by molar-refractivity contribution is 7.98. The SMILES string of the molecule is CSc1ccc(NC(=N)c2cccs2)cc1COCCN(C)C. The minimum absolute atomic E-state index is 0.427. The zero-order valence-electron chi connectivity index (χ0n) is 13.8. The van der Waals surface area contributed by atoms with Gasteiger partial charge in [-0.3, -0.25) is 5.41 Å². The normalized spacial score (nSPS) is 11.0. The molecule has 0 bridgehead atoms. The number of rotatable bonds is 8. The summed E-state index contributed by atoms with van der Waals surface area (Å²) in [4.78, 5) is 4.25. The Labute approximate surface area is 146 Å². The van der Waals surface area contributed by atoms with E-state index in [0.29, 0.717) is 19.0 Å². The van der Waals surface area contributed by atoms with E-state index < -0.39 is 0 Å². The van der Waals surface area contributed by atoms with Gasteiger partial charge >= 0.3 is 0 Å². The minimum Gasteiger partial charge on any atom is -0.375 e. The van der Waals surface area contributed by atoms with E-state index in [1.807, 2.05) is 37.7 Å². The molecular formula is C17H23N3OS2. The molecule has 6 heteroatoms. The van der Waals surface area contributed by atoms with Crippen molar-refractivity contribution < 1.29 is 4.74 Å². The van der Waals surface area contributed by atoms with E-state index in [4.69, 9.17) is 10.1 Å². The topological polar surface area (TPSA) is 48.4 Å². The summed E-state index contributed by atoms with van der Waals surface area (Å²) in [5.41, 5.74) is 2.08. The van der Waals surface area contributed by atoms with Crippen molar-refractivity contribution in [2.24, 2.45) is 0 Å². The number of hydrogen-bond acceptors (Lipinski definition) is 5. The molecule has 0 amide bonds. The summed E-state index contributed by atoms with van der Waals surface area (Å²) in [7, 11) is 4.08. The molecule has 124 valence electrons. The summed E-state index contributed by atoms with van der Waals surface area (Å²) in [5, 5.41) is 13.3. The molecule has 4 nitrogen and oxygen atoms in total. The first-order valence-electron chi connectivity index (χ1n) is 7.39. The van der Waals surface area contributed by atoms with E-state index in [9.17, 15) is 0 Å². The van der Waals surface area contributed by atoms with Gasteiger partial charge in [0, 0.05) is 17.1 Å². The molecule has 2 rings (SSSR count). The Morgan fingerprint density at radius 3 is 2.83 bits per heavy atom. The van der Waals surface area contributed by atoms with Crippen LogP contribution < -0.4 is 5.32 Å². The molecule has 0 fully saturated rings. The van der Waals surface area contributed by atoms with Crippen molar-refractivity contribution in [3.05, 3.63) is 46.2 Å². The molecule has 23 heavy (non-hydrogen) atoms. The molecule has 0 atom stereocenters. The van der Waals surface area contributed by atoms with Crippen LogP contribution in [0.4, 0.5) is 5.69 Å². The molecule has 0 saturated heterocycles. The average Bonchev–Trinajstić information content (AvgIpc) is 3.06. The number of thioether (sulfide) groups is 1. The van der Waals surface area contributed by atoms with Gasteiger partial charge in [-0.2, -0.15) is 0 Å². The standard InChI is InChI=1S/C17H23N3OS2/c1-20(2)8-9-21-12-13-11-14(6-7-15(13)22-3)19-17(18)16-5-4-10-23-16/h4-7,10-11H,8-9,12H2,1-3H3,(H2,18,19). The van der Waals surface area contributed by atoms with E-state index in [0.717, 1.165) is 22.7 Å². The van der Waals surface area contributed by atoms with Gasteiger partial charge in [0.2, 0.25) is 0 Å². The van der Waals surface area contributed by atoms with E-state index in [1.165, 1.54) is 4.90 Å². The van der Waals surface area contributed by atoms with Gasteiger partial charge in [0.1, 0.15) is 5.84 Å². The Hall–Kier alpha value is -1.34. The van der Waals surface area contributed by atoms with Gasteiger partial charge in [-0.25, -0.2) is 0 Å². The smallest absolute Gasteiger partial charge is 0.140 e. The quantitative estimate of drug-likeness (QED) is 0.327. The van der Waals surface area contributed by atoms with Crippen molar-refractivity contribution in [2.45, 2.75) is 11.5 Å². The van der Waals surface area contributed by atoms with Gasteiger partial charge in [-0.05, 0) is 55.6 Å². The van der Waals surface area contributed by atoms with Crippen LogP contribution in [0.15, 0.2) is 40.6 Å². The van der Waals surface area contributed by atoms with Crippen LogP contribution in [0.25, 0.3) is 0 Å². The van der Waals surface area contributed by atoms with Crippen LogP contribution in [0.5, 0.6) is 0 Å². The maximum absolute atomic E-state index is 8.13. The third-order valence-electron chi connectivity index (χ3n) is 3.26. The molecule has 1 heterocycles. The zero-order chi connectivity index (χ0) is 16.7. The third kappa shape index (κ3) is 5.66. The number of ether oxygens (including phenoxy) is 1. The summed E-state index contributed by atoms with van der Waals surface area (Å²) in [6, 6.07) is 10.1. The summed E-state index contributed by atoms with van der Waals surface area (Å²) in [5.74, 6) is 0.427. The fraction of sp³-hybridized carbons (Fsp3) is 0.353. The van der Waals surface area contributed by atoms with E-state index >= 15 is 0 Å². The van der Waals surface area contributed by atoms with Gasteiger partial charge < -0.3 is 15.0 Å². The Morgan fingerprint density at radius 1 is 1.35 bits per heavy atom. The van der Waals surface area contributed by atoms with E-state index in [2.05, 4.69) is 28.6 Å². The minimum atomic E-state index is 0.427. The van der Waals surface area contributed by atoms with E-state index in [1.54, 1.807) is 23.1 Å². The fourth-order valence-corrected chi connectivity index (χ4v) is 3.24. The van der Waals surface area contributed by atoms with Gasteiger partial charge in [0.05, 0.1) is 18.1 Å². The number of likely N-dealkylation sites (N-methyl/N-ethyl adjacent to an activating group) is 1. The molecule has 0 aliphatic carbocycles. The number of amidine groups is 1. The largest absolute Gasteiger partial charge is 0.375 e. The Kier molecular flexibility index (Phi) is 7.11. The maximum Gasteiger partial charge on any atom is 0.140 e. The van der Waals surface area contributed by atoms with Crippen LogP contribution in [-0.2, 0) is 11.3 Å². The van der Waals surface area contributed by atoms with Crippen LogP contribution >= 0.6 is 23.1 Å². The first-order chi connectivity index (χ1) is 11.1. The predicted molar refractivity (Wildman–Crippen MR) is 101 cm³/mol. The van der Waals surface area contributed by atoms with Gasteiger partial charge in [0.25, 0.3) is 0 Å². The summed E-state index contributed by atoms with van der Waals surface area (Å²) in [6.07, 6.45) is 2.07. The van der Waals surface area contributed by atoms with Gasteiger partial charge in [-0.15, -0.1) is 23.1 Å². The molecule has 0 spiro atoms. The van der Waals surface area contributed by atoms with Gasteiger partial charge in [0.15, 0.2) is 0 Å². The molecule has 0 saturated carbocycles. The maximum atomic E-state index is 8.13. The highest BCUT2D eigenvalue weighted by Gasteiger charge is 2.07. The summed E-state index contributed by atoms with van der Waals surface area (Å²) >= 11 is 3.28. The third-order valence-corrected chi connectivity index (χ3v) is 4.98. The lowest BCUT2D eigenvalue weighted by atomic mass is 10.2. The van der Waals surface area contributed by atoms with Crippen molar-refractivity contribution in [3.63, 3.8) is 0 Å². The number of thiophene rings is 1. The summed E-state index contributed by atoms with van der Waals surface area (Å²) in [6.45, 7) is 2.21. The van der Waals surface area contributed by atoms with Gasteiger partial charge in [-0.1, -0.05) is 6.07 Å². The molecule has 0 unspecified atom stereocenters. The Morgan fingerprint density at radius 2 is 2.17 bits per heavy atom. The van der Waals surface area contributed by atoms with Crippen molar-refractivity contribution in [1.82, 2.24) is 4.90 Å². The molecule has 0 radical (unpaired) electrons. The second kappa shape index (κ2) is 9.08. The van der Waals surface area contributed by atoms with Crippen molar-refractivity contribution in [3.8, 4) is 0 Å². The number of hydrogen-bond donors (Lipinski definition) is 2. The van der Waals surface area contributed by atoms with Crippen molar-refractivity contribution >= 4 is 34.6 Å². The van der Waals surface area contributed by atoms with Crippen LogP contribution in [0.2, 0.25) is 0 Å². The first-order valence-corrected chi connectivity index (χ1v) is 9.49. The fourth-order valence-electron chi connectivity index (χ4n) is 2.03. The lowest BCUT2D eigenvalue weighted by molar-refractivity contribution is 0.104. The zero-order valence-corrected chi connectivity index (χ0v) is 15.4. The monoisotopic (exact) mass is 349 g/mol. The summed E-state index contributed by atoms with van der Waals surface area (Å²) < 4.78 is 5.77. The van der Waals surface area contributed by atoms with Crippen molar-refractivity contribution in [2.75, 3.05) is 38.8 Å². The average molecular weight is 350 g/mol. The second-order valence-corrected chi connectivity index (χ2v) is 7.16. The molecule has 2 aromatic rings. The predicted octanol–water partition coefficient (Wildman–Crippen LogP) is 3.99. The van der Waals surface area contributed by atoms with Crippen LogP contribution in [-0.4, -0.2) is 44.2 Å². The molecule has 1 aromatic heterocycles. The Balaban J connectivity index is 2.01. The van der Waals surface area contributed by atoms with E-state index in [-0.39, 0.29) is 0 Å². The highest BCUT2D eigenvalue weighted by atomic mass is 32.2.